The molecule has 9 heteroatoms. The molecule has 0 N–H and O–H groups in total. The minimum Gasteiger partial charge on any atom is -0.378 e. The second kappa shape index (κ2) is 6.98. The van der Waals surface area contributed by atoms with Gasteiger partial charge in [-0.15, -0.1) is 5.10 Å². The molecule has 0 unspecified atom stereocenters. The number of rotatable bonds is 5. The number of aromatic nitrogens is 5. The van der Waals surface area contributed by atoms with E-state index >= 15 is 0 Å². The molecular formula is C20H23N7O2. The van der Waals surface area contributed by atoms with Crippen LogP contribution in [0.1, 0.15) is 47.4 Å². The van der Waals surface area contributed by atoms with E-state index in [1.54, 1.807) is 4.68 Å². The van der Waals surface area contributed by atoms with Crippen molar-refractivity contribution in [2.75, 3.05) is 32.1 Å². The highest BCUT2D eigenvalue weighted by molar-refractivity contribution is 5.95. The minimum atomic E-state index is 0.0440. The normalized spacial score (nSPS) is 19.0. The van der Waals surface area contributed by atoms with Crippen molar-refractivity contribution in [3.8, 4) is 11.6 Å². The van der Waals surface area contributed by atoms with Gasteiger partial charge in [0.05, 0.1) is 12.2 Å². The van der Waals surface area contributed by atoms with Crippen LogP contribution in [0.5, 0.6) is 0 Å². The maximum atomic E-state index is 12.9. The van der Waals surface area contributed by atoms with Gasteiger partial charge < -0.3 is 14.3 Å². The second-order valence-corrected chi connectivity index (χ2v) is 7.95. The molecule has 0 radical (unpaired) electrons. The van der Waals surface area contributed by atoms with Crippen LogP contribution in [-0.4, -0.2) is 63.1 Å². The Hall–Kier alpha value is -3.23. The summed E-state index contributed by atoms with van der Waals surface area (Å²) in [5.74, 6) is 1.64. The zero-order valence-electron chi connectivity index (χ0n) is 16.5. The first kappa shape index (κ1) is 17.8. The van der Waals surface area contributed by atoms with Gasteiger partial charge in [-0.3, -0.25) is 4.79 Å². The van der Waals surface area contributed by atoms with Gasteiger partial charge in [-0.25, -0.2) is 4.68 Å². The molecule has 5 rings (SSSR count). The van der Waals surface area contributed by atoms with Crippen LogP contribution in [0.15, 0.2) is 35.0 Å². The van der Waals surface area contributed by atoms with Crippen LogP contribution >= 0.6 is 0 Å². The summed E-state index contributed by atoms with van der Waals surface area (Å²) in [6, 6.07) is 7.79. The Labute approximate surface area is 168 Å². The first-order valence-corrected chi connectivity index (χ1v) is 9.91. The van der Waals surface area contributed by atoms with Crippen LogP contribution in [0.4, 0.5) is 5.69 Å². The molecule has 1 aromatic carbocycles. The molecule has 1 atom stereocenters. The van der Waals surface area contributed by atoms with Gasteiger partial charge in [0.15, 0.2) is 11.5 Å². The van der Waals surface area contributed by atoms with Crippen LogP contribution in [0.2, 0.25) is 0 Å². The zero-order chi connectivity index (χ0) is 20.0. The molecule has 1 aliphatic carbocycles. The van der Waals surface area contributed by atoms with Crippen molar-refractivity contribution >= 4 is 11.6 Å². The van der Waals surface area contributed by atoms with Gasteiger partial charge in [0.1, 0.15) is 0 Å². The number of anilines is 1. The van der Waals surface area contributed by atoms with Crippen LogP contribution in [0.25, 0.3) is 11.6 Å². The molecule has 1 saturated heterocycles. The van der Waals surface area contributed by atoms with Crippen molar-refractivity contribution in [2.45, 2.75) is 31.2 Å². The number of hydrogen-bond acceptors (Lipinski definition) is 7. The Morgan fingerprint density at radius 2 is 2.10 bits per heavy atom. The summed E-state index contributed by atoms with van der Waals surface area (Å²) in [4.78, 5) is 21.2. The summed E-state index contributed by atoms with van der Waals surface area (Å²) < 4.78 is 7.14. The highest BCUT2D eigenvalue weighted by atomic mass is 16.5. The first-order chi connectivity index (χ1) is 14.1. The standard InChI is InChI=1S/C20H23N7O2/c1-25(2)15-5-3-4-14(10-15)20(28)26-9-8-16(11-26)27-12-17(22-24-27)19-21-18(23-29-19)13-6-7-13/h3-5,10,12-13,16H,6-9,11H2,1-2H3/t16-/m0/s1. The highest BCUT2D eigenvalue weighted by Crippen LogP contribution is 2.38. The molecule has 0 bridgehead atoms. The molecule has 1 saturated carbocycles. The van der Waals surface area contributed by atoms with E-state index in [1.165, 1.54) is 0 Å². The largest absolute Gasteiger partial charge is 0.378 e. The molecule has 1 amide bonds. The molecule has 29 heavy (non-hydrogen) atoms. The van der Waals surface area contributed by atoms with Crippen LogP contribution in [0, 0.1) is 0 Å². The van der Waals surface area contributed by atoms with Crippen molar-refractivity contribution in [1.29, 1.82) is 0 Å². The Kier molecular flexibility index (Phi) is 4.30. The van der Waals surface area contributed by atoms with E-state index in [1.807, 2.05) is 54.4 Å². The average Bonchev–Trinajstić information content (AvgIpc) is 3.16. The summed E-state index contributed by atoms with van der Waals surface area (Å²) in [6.07, 6.45) is 4.90. The smallest absolute Gasteiger partial charge is 0.280 e. The Bertz CT molecular complexity index is 1040. The minimum absolute atomic E-state index is 0.0440. The third-order valence-corrected chi connectivity index (χ3v) is 5.55. The Morgan fingerprint density at radius 1 is 1.24 bits per heavy atom. The molecule has 0 spiro atoms. The van der Waals surface area contributed by atoms with Gasteiger partial charge in [0.2, 0.25) is 0 Å². The number of likely N-dealkylation sites (tertiary alicyclic amines) is 1. The quantitative estimate of drug-likeness (QED) is 0.657. The van der Waals surface area contributed by atoms with E-state index in [2.05, 4.69) is 20.5 Å². The number of carbonyl (C=O) groups excluding carboxylic acids is 1. The highest BCUT2D eigenvalue weighted by Gasteiger charge is 2.31. The van der Waals surface area contributed by atoms with E-state index in [9.17, 15) is 4.79 Å². The number of carbonyl (C=O) groups is 1. The SMILES string of the molecule is CN(C)c1cccc(C(=O)N2CC[C@H](n3cc(-c4nc(C5CC5)no4)nn3)C2)c1. The molecule has 3 heterocycles. The molecule has 9 nitrogen and oxygen atoms in total. The molecule has 2 fully saturated rings. The Morgan fingerprint density at radius 3 is 2.90 bits per heavy atom. The Balaban J connectivity index is 1.27. The molecule has 2 aliphatic rings. The average molecular weight is 393 g/mol. The second-order valence-electron chi connectivity index (χ2n) is 7.95. The van der Waals surface area contributed by atoms with Gasteiger partial charge >= 0.3 is 0 Å². The summed E-state index contributed by atoms with van der Waals surface area (Å²) in [5.41, 5.74) is 2.29. The zero-order valence-corrected chi connectivity index (χ0v) is 16.5. The van der Waals surface area contributed by atoms with Crippen molar-refractivity contribution < 1.29 is 9.32 Å². The monoisotopic (exact) mass is 393 g/mol. The summed E-state index contributed by atoms with van der Waals surface area (Å²) in [6.45, 7) is 1.29. The van der Waals surface area contributed by atoms with Gasteiger partial charge in [0, 0.05) is 44.4 Å². The van der Waals surface area contributed by atoms with Crippen molar-refractivity contribution in [2.24, 2.45) is 0 Å². The topological polar surface area (TPSA) is 93.2 Å². The molecular weight excluding hydrogens is 370 g/mol. The fourth-order valence-electron chi connectivity index (χ4n) is 3.64. The maximum Gasteiger partial charge on any atom is 0.280 e. The van der Waals surface area contributed by atoms with Gasteiger partial charge in [0.25, 0.3) is 11.8 Å². The van der Waals surface area contributed by atoms with Crippen LogP contribution < -0.4 is 4.90 Å². The summed E-state index contributed by atoms with van der Waals surface area (Å²) >= 11 is 0. The van der Waals surface area contributed by atoms with E-state index in [-0.39, 0.29) is 11.9 Å². The maximum absolute atomic E-state index is 12.9. The van der Waals surface area contributed by atoms with Gasteiger partial charge in [-0.2, -0.15) is 4.98 Å². The fourth-order valence-corrected chi connectivity index (χ4v) is 3.64. The molecule has 150 valence electrons. The van der Waals surface area contributed by atoms with E-state index < -0.39 is 0 Å². The van der Waals surface area contributed by atoms with E-state index in [0.29, 0.717) is 36.2 Å². The molecule has 1 aliphatic heterocycles. The molecule has 2 aromatic heterocycles. The lowest BCUT2D eigenvalue weighted by Crippen LogP contribution is -2.29. The number of benzene rings is 1. The van der Waals surface area contributed by atoms with E-state index in [0.717, 1.165) is 30.8 Å². The van der Waals surface area contributed by atoms with Gasteiger partial charge in [-0.1, -0.05) is 16.4 Å². The number of hydrogen-bond donors (Lipinski definition) is 0. The lowest BCUT2D eigenvalue weighted by molar-refractivity contribution is 0.0787. The number of amides is 1. The lowest BCUT2D eigenvalue weighted by Gasteiger charge is -2.18. The van der Waals surface area contributed by atoms with Crippen molar-refractivity contribution in [3.63, 3.8) is 0 Å². The van der Waals surface area contributed by atoms with Crippen LogP contribution in [-0.2, 0) is 0 Å². The summed E-state index contributed by atoms with van der Waals surface area (Å²) in [7, 11) is 3.93. The van der Waals surface area contributed by atoms with Crippen LogP contribution in [0.3, 0.4) is 0 Å². The predicted octanol–water partition coefficient (Wildman–Crippen LogP) is 2.36. The predicted molar refractivity (Wildman–Crippen MR) is 106 cm³/mol. The summed E-state index contributed by atoms with van der Waals surface area (Å²) in [5, 5.41) is 12.5. The third kappa shape index (κ3) is 3.48. The fraction of sp³-hybridized carbons (Fsp3) is 0.450. The van der Waals surface area contributed by atoms with Crippen molar-refractivity contribution in [1.82, 2.24) is 30.0 Å². The van der Waals surface area contributed by atoms with Crippen molar-refractivity contribution in [3.05, 3.63) is 41.9 Å². The first-order valence-electron chi connectivity index (χ1n) is 9.91. The van der Waals surface area contributed by atoms with Gasteiger partial charge in [-0.05, 0) is 37.5 Å². The van der Waals surface area contributed by atoms with E-state index in [4.69, 9.17) is 4.52 Å². The third-order valence-electron chi connectivity index (χ3n) is 5.55. The molecule has 3 aromatic rings. The lowest BCUT2D eigenvalue weighted by atomic mass is 10.1. The number of nitrogens with zero attached hydrogens (tertiary/aromatic N) is 7.